The van der Waals surface area contributed by atoms with Gasteiger partial charge in [-0.15, -0.1) is 11.8 Å². The molecule has 1 saturated carbocycles. The van der Waals surface area contributed by atoms with Crippen LogP contribution >= 0.6 is 11.8 Å². The van der Waals surface area contributed by atoms with Crippen molar-refractivity contribution in [1.82, 2.24) is 15.5 Å². The topological polar surface area (TPSA) is 61.4 Å². The Balaban J connectivity index is 1.57. The van der Waals surface area contributed by atoms with Gasteiger partial charge in [0.2, 0.25) is 11.8 Å². The molecule has 1 aliphatic carbocycles. The molecule has 0 aromatic heterocycles. The Morgan fingerprint density at radius 3 is 2.50 bits per heavy atom. The van der Waals surface area contributed by atoms with Crippen LogP contribution in [0.5, 0.6) is 0 Å². The second kappa shape index (κ2) is 7.24. The van der Waals surface area contributed by atoms with Crippen LogP contribution in [0.4, 0.5) is 0 Å². The first kappa shape index (κ1) is 18.1. The van der Waals surface area contributed by atoms with Crippen LogP contribution in [0.3, 0.4) is 0 Å². The van der Waals surface area contributed by atoms with Gasteiger partial charge in [0, 0.05) is 17.8 Å². The molecule has 1 atom stereocenters. The van der Waals surface area contributed by atoms with Crippen molar-refractivity contribution < 1.29 is 9.59 Å². The van der Waals surface area contributed by atoms with Gasteiger partial charge in [0.1, 0.15) is 6.04 Å². The highest BCUT2D eigenvalue weighted by Crippen LogP contribution is 2.36. The number of rotatable bonds is 4. The molecule has 5 nitrogen and oxygen atoms in total. The molecule has 0 unspecified atom stereocenters. The lowest BCUT2D eigenvalue weighted by atomic mass is 9.92. The maximum absolute atomic E-state index is 12.6. The first-order valence-electron chi connectivity index (χ1n) is 9.41. The van der Waals surface area contributed by atoms with Crippen LogP contribution in [0.1, 0.15) is 58.8 Å². The molecular formula is C18H31N3O2S. The maximum atomic E-state index is 12.6. The van der Waals surface area contributed by atoms with E-state index in [1.807, 2.05) is 13.8 Å². The molecule has 0 bridgehead atoms. The molecule has 0 aromatic rings. The van der Waals surface area contributed by atoms with E-state index in [-0.39, 0.29) is 17.4 Å². The standard InChI is InChI=1S/C18H31N3O2S/c1-17(2)16(23)20-14(12-24-17)15(22)19-13-18(8-4-5-9-18)21-10-6-3-7-11-21/h14H,3-13H2,1-2H3,(H,19,22)(H,20,23)/t14-/m1/s1. The molecule has 2 aliphatic heterocycles. The Bertz CT molecular complexity index is 483. The zero-order chi connectivity index (χ0) is 17.2. The van der Waals surface area contributed by atoms with E-state index in [0.717, 1.165) is 6.54 Å². The van der Waals surface area contributed by atoms with Gasteiger partial charge in [-0.05, 0) is 52.6 Å². The second-order valence-electron chi connectivity index (χ2n) is 8.04. The molecule has 0 spiro atoms. The Morgan fingerprint density at radius 2 is 1.88 bits per heavy atom. The van der Waals surface area contributed by atoms with E-state index in [4.69, 9.17) is 0 Å². The van der Waals surface area contributed by atoms with Crippen molar-refractivity contribution in [2.24, 2.45) is 0 Å². The fourth-order valence-electron chi connectivity index (χ4n) is 4.25. The minimum atomic E-state index is -0.433. The van der Waals surface area contributed by atoms with Gasteiger partial charge >= 0.3 is 0 Å². The molecule has 2 N–H and O–H groups in total. The van der Waals surface area contributed by atoms with Crippen LogP contribution < -0.4 is 10.6 Å². The summed E-state index contributed by atoms with van der Waals surface area (Å²) in [7, 11) is 0. The predicted octanol–water partition coefficient (Wildman–Crippen LogP) is 1.91. The van der Waals surface area contributed by atoms with E-state index in [1.165, 1.54) is 58.0 Å². The van der Waals surface area contributed by atoms with E-state index in [2.05, 4.69) is 15.5 Å². The number of nitrogens with one attached hydrogen (secondary N) is 2. The van der Waals surface area contributed by atoms with Crippen molar-refractivity contribution in [3.05, 3.63) is 0 Å². The van der Waals surface area contributed by atoms with Crippen LogP contribution in [0.25, 0.3) is 0 Å². The highest BCUT2D eigenvalue weighted by atomic mass is 32.2. The van der Waals surface area contributed by atoms with E-state index >= 15 is 0 Å². The number of amides is 2. The van der Waals surface area contributed by atoms with Crippen LogP contribution in [0.15, 0.2) is 0 Å². The average molecular weight is 354 g/mol. The van der Waals surface area contributed by atoms with Crippen molar-refractivity contribution in [1.29, 1.82) is 0 Å². The zero-order valence-corrected chi connectivity index (χ0v) is 15.8. The van der Waals surface area contributed by atoms with E-state index < -0.39 is 10.8 Å². The Labute approximate surface area is 149 Å². The zero-order valence-electron chi connectivity index (χ0n) is 15.0. The van der Waals surface area contributed by atoms with Gasteiger partial charge in [-0.25, -0.2) is 0 Å². The van der Waals surface area contributed by atoms with Gasteiger partial charge in [-0.3, -0.25) is 14.5 Å². The highest BCUT2D eigenvalue weighted by Gasteiger charge is 2.42. The average Bonchev–Trinajstić information content (AvgIpc) is 3.06. The fraction of sp³-hybridized carbons (Fsp3) is 0.889. The van der Waals surface area contributed by atoms with Gasteiger partial charge in [0.15, 0.2) is 0 Å². The summed E-state index contributed by atoms with van der Waals surface area (Å²) in [5, 5.41) is 6.06. The van der Waals surface area contributed by atoms with Crippen molar-refractivity contribution in [2.45, 2.75) is 75.1 Å². The summed E-state index contributed by atoms with van der Waals surface area (Å²) in [4.78, 5) is 27.3. The number of carbonyl (C=O) groups is 2. The minimum Gasteiger partial charge on any atom is -0.352 e. The number of carbonyl (C=O) groups excluding carboxylic acids is 2. The number of piperidine rings is 1. The first-order valence-corrected chi connectivity index (χ1v) is 10.4. The molecule has 6 heteroatoms. The van der Waals surface area contributed by atoms with Crippen molar-refractivity contribution >= 4 is 23.6 Å². The SMILES string of the molecule is CC1(C)SC[C@H](C(=O)NCC2(N3CCCCC3)CCCC2)NC1=O. The first-order chi connectivity index (χ1) is 11.4. The molecule has 3 aliphatic rings. The van der Waals surface area contributed by atoms with Gasteiger partial charge in [-0.1, -0.05) is 19.3 Å². The Hall–Kier alpha value is -0.750. The van der Waals surface area contributed by atoms with Crippen LogP contribution in [0, 0.1) is 0 Å². The number of thioether (sulfide) groups is 1. The van der Waals surface area contributed by atoms with Crippen LogP contribution in [0.2, 0.25) is 0 Å². The summed E-state index contributed by atoms with van der Waals surface area (Å²) in [6.07, 6.45) is 8.78. The third kappa shape index (κ3) is 3.74. The van der Waals surface area contributed by atoms with E-state index in [0.29, 0.717) is 5.75 Å². The molecule has 0 radical (unpaired) electrons. The fourth-order valence-corrected chi connectivity index (χ4v) is 5.26. The lowest BCUT2D eigenvalue weighted by Gasteiger charge is -2.44. The van der Waals surface area contributed by atoms with Gasteiger partial charge in [0.25, 0.3) is 0 Å². The minimum absolute atomic E-state index is 0.0189. The number of likely N-dealkylation sites (tertiary alicyclic amines) is 1. The molecule has 0 aromatic carbocycles. The van der Waals surface area contributed by atoms with Gasteiger partial charge in [0.05, 0.1) is 4.75 Å². The molecule has 3 fully saturated rings. The van der Waals surface area contributed by atoms with E-state index in [9.17, 15) is 9.59 Å². The summed E-state index contributed by atoms with van der Waals surface area (Å²) in [5.74, 6) is 0.599. The third-order valence-electron chi connectivity index (χ3n) is 5.93. The molecule has 24 heavy (non-hydrogen) atoms. The molecule has 2 heterocycles. The molecular weight excluding hydrogens is 322 g/mol. The van der Waals surface area contributed by atoms with Gasteiger partial charge < -0.3 is 10.6 Å². The summed E-state index contributed by atoms with van der Waals surface area (Å²) < 4.78 is -0.433. The largest absolute Gasteiger partial charge is 0.352 e. The van der Waals surface area contributed by atoms with Crippen molar-refractivity contribution in [3.8, 4) is 0 Å². The number of hydrogen-bond acceptors (Lipinski definition) is 4. The molecule has 2 amide bonds. The molecule has 3 rings (SSSR count). The van der Waals surface area contributed by atoms with Crippen LogP contribution in [-0.2, 0) is 9.59 Å². The Kier molecular flexibility index (Phi) is 5.45. The quantitative estimate of drug-likeness (QED) is 0.810. The number of nitrogens with zero attached hydrogens (tertiary/aromatic N) is 1. The predicted molar refractivity (Wildman–Crippen MR) is 98.1 cm³/mol. The summed E-state index contributed by atoms with van der Waals surface area (Å²) in [5.41, 5.74) is 0.154. The lowest BCUT2D eigenvalue weighted by molar-refractivity contribution is -0.130. The normalized spacial score (nSPS) is 29.9. The van der Waals surface area contributed by atoms with E-state index in [1.54, 1.807) is 11.8 Å². The Morgan fingerprint density at radius 1 is 1.21 bits per heavy atom. The monoisotopic (exact) mass is 353 g/mol. The van der Waals surface area contributed by atoms with Gasteiger partial charge in [-0.2, -0.15) is 0 Å². The second-order valence-corrected chi connectivity index (χ2v) is 9.69. The molecule has 136 valence electrons. The summed E-state index contributed by atoms with van der Waals surface area (Å²) in [6, 6.07) is -0.393. The van der Waals surface area contributed by atoms with Crippen molar-refractivity contribution in [2.75, 3.05) is 25.4 Å². The molecule has 2 saturated heterocycles. The van der Waals surface area contributed by atoms with Crippen molar-refractivity contribution in [3.63, 3.8) is 0 Å². The summed E-state index contributed by atoms with van der Waals surface area (Å²) in [6.45, 7) is 6.88. The third-order valence-corrected chi connectivity index (χ3v) is 7.34. The number of hydrogen-bond donors (Lipinski definition) is 2. The summed E-state index contributed by atoms with van der Waals surface area (Å²) >= 11 is 1.57. The highest BCUT2D eigenvalue weighted by molar-refractivity contribution is 8.01. The van der Waals surface area contributed by atoms with Crippen LogP contribution in [-0.4, -0.2) is 58.4 Å². The lowest BCUT2D eigenvalue weighted by Crippen LogP contribution is -2.60. The maximum Gasteiger partial charge on any atom is 0.243 e. The smallest absolute Gasteiger partial charge is 0.243 e.